The minimum Gasteiger partial charge on any atom is -0.351 e. The zero-order chi connectivity index (χ0) is 17.4. The van der Waals surface area contributed by atoms with Crippen molar-refractivity contribution in [2.45, 2.75) is 24.4 Å². The lowest BCUT2D eigenvalue weighted by atomic mass is 9.96. The van der Waals surface area contributed by atoms with Crippen LogP contribution in [0, 0.1) is 0 Å². The van der Waals surface area contributed by atoms with Crippen LogP contribution in [0.15, 0.2) is 48.5 Å². The fourth-order valence-electron chi connectivity index (χ4n) is 2.68. The van der Waals surface area contributed by atoms with Gasteiger partial charge in [0.15, 0.2) is 0 Å². The van der Waals surface area contributed by atoms with Gasteiger partial charge in [0.2, 0.25) is 0 Å². The predicted molar refractivity (Wildman–Crippen MR) is 86.1 cm³/mol. The summed E-state index contributed by atoms with van der Waals surface area (Å²) in [7, 11) is 0. The largest absolute Gasteiger partial charge is 0.416 e. The molecule has 3 rings (SSSR count). The molecule has 0 bridgehead atoms. The highest BCUT2D eigenvalue weighted by Crippen LogP contribution is 2.47. The Morgan fingerprint density at radius 2 is 1.62 bits per heavy atom. The van der Waals surface area contributed by atoms with Crippen LogP contribution in [0.5, 0.6) is 0 Å². The Kier molecular flexibility index (Phi) is 4.30. The van der Waals surface area contributed by atoms with Crippen LogP contribution < -0.4 is 5.32 Å². The number of amides is 1. The van der Waals surface area contributed by atoms with Gasteiger partial charge in [-0.05, 0) is 54.8 Å². The first-order valence-electron chi connectivity index (χ1n) is 7.52. The van der Waals surface area contributed by atoms with E-state index in [0.29, 0.717) is 11.6 Å². The van der Waals surface area contributed by atoms with Crippen LogP contribution in [0.4, 0.5) is 13.2 Å². The van der Waals surface area contributed by atoms with E-state index < -0.39 is 11.7 Å². The lowest BCUT2D eigenvalue weighted by Gasteiger charge is -2.17. The molecule has 2 nitrogen and oxygen atoms in total. The standard InChI is InChI=1S/C18H15ClF3NO/c19-15-7-5-13(6-8-15)17(9-10-17)11-23-16(24)12-1-3-14(4-2-12)18(20,21)22/h1-8H,9-11H2,(H,23,24). The van der Waals surface area contributed by atoms with E-state index >= 15 is 0 Å². The number of nitrogens with one attached hydrogen (secondary N) is 1. The minimum absolute atomic E-state index is 0.0911. The van der Waals surface area contributed by atoms with Crippen molar-refractivity contribution in [2.75, 3.05) is 6.54 Å². The van der Waals surface area contributed by atoms with Crippen LogP contribution in [-0.2, 0) is 11.6 Å². The van der Waals surface area contributed by atoms with Gasteiger partial charge in [0, 0.05) is 22.5 Å². The first-order chi connectivity index (χ1) is 11.3. The maximum atomic E-state index is 12.5. The lowest BCUT2D eigenvalue weighted by molar-refractivity contribution is -0.137. The Bertz CT molecular complexity index is 734. The molecule has 1 amide bonds. The highest BCUT2D eigenvalue weighted by atomic mass is 35.5. The first kappa shape index (κ1) is 16.8. The molecule has 0 aromatic heterocycles. The molecule has 0 aliphatic heterocycles. The Hall–Kier alpha value is -2.01. The molecule has 0 atom stereocenters. The summed E-state index contributed by atoms with van der Waals surface area (Å²) in [5.41, 5.74) is 0.472. The second-order valence-corrected chi connectivity index (χ2v) is 6.48. The number of carbonyl (C=O) groups is 1. The summed E-state index contributed by atoms with van der Waals surface area (Å²) >= 11 is 5.88. The maximum absolute atomic E-state index is 12.5. The summed E-state index contributed by atoms with van der Waals surface area (Å²) in [5, 5.41) is 3.48. The van der Waals surface area contributed by atoms with Crippen LogP contribution in [-0.4, -0.2) is 12.5 Å². The molecule has 1 saturated carbocycles. The average molecular weight is 354 g/mol. The van der Waals surface area contributed by atoms with Crippen molar-refractivity contribution < 1.29 is 18.0 Å². The van der Waals surface area contributed by atoms with Gasteiger partial charge < -0.3 is 5.32 Å². The summed E-state index contributed by atoms with van der Waals surface area (Å²) in [4.78, 5) is 12.2. The van der Waals surface area contributed by atoms with E-state index in [0.717, 1.165) is 30.5 Å². The van der Waals surface area contributed by atoms with Crippen molar-refractivity contribution in [3.05, 3.63) is 70.2 Å². The Balaban J connectivity index is 1.64. The molecule has 6 heteroatoms. The number of halogens is 4. The SMILES string of the molecule is O=C(NCC1(c2ccc(Cl)cc2)CC1)c1ccc(C(F)(F)F)cc1. The number of hydrogen-bond acceptors (Lipinski definition) is 1. The second kappa shape index (κ2) is 6.13. The molecular formula is C18H15ClF3NO. The normalized spacial score (nSPS) is 15.8. The molecule has 1 N–H and O–H groups in total. The van der Waals surface area contributed by atoms with Crippen LogP contribution in [0.25, 0.3) is 0 Å². The fraction of sp³-hybridized carbons (Fsp3) is 0.278. The summed E-state index contributed by atoms with van der Waals surface area (Å²) < 4.78 is 37.6. The molecule has 0 heterocycles. The highest BCUT2D eigenvalue weighted by Gasteiger charge is 2.44. The van der Waals surface area contributed by atoms with Gasteiger partial charge in [-0.1, -0.05) is 23.7 Å². The van der Waals surface area contributed by atoms with Gasteiger partial charge in [-0.3, -0.25) is 4.79 Å². The van der Waals surface area contributed by atoms with Crippen LogP contribution >= 0.6 is 11.6 Å². The van der Waals surface area contributed by atoms with Crippen LogP contribution in [0.3, 0.4) is 0 Å². The first-order valence-corrected chi connectivity index (χ1v) is 7.89. The predicted octanol–water partition coefficient (Wildman–Crippen LogP) is 4.82. The summed E-state index contributed by atoms with van der Waals surface area (Å²) in [6, 6.07) is 11.7. The van der Waals surface area contributed by atoms with Crippen molar-refractivity contribution >= 4 is 17.5 Å². The van der Waals surface area contributed by atoms with E-state index in [1.807, 2.05) is 24.3 Å². The second-order valence-electron chi connectivity index (χ2n) is 6.05. The minimum atomic E-state index is -4.40. The number of carbonyl (C=O) groups excluding carboxylic acids is 1. The molecule has 1 aliphatic rings. The van der Waals surface area contributed by atoms with Gasteiger partial charge in [0.25, 0.3) is 5.91 Å². The van der Waals surface area contributed by atoms with Crippen LogP contribution in [0.2, 0.25) is 5.02 Å². The fourth-order valence-corrected chi connectivity index (χ4v) is 2.81. The molecule has 0 spiro atoms. The molecular weight excluding hydrogens is 339 g/mol. The van der Waals surface area contributed by atoms with E-state index in [-0.39, 0.29) is 16.9 Å². The smallest absolute Gasteiger partial charge is 0.351 e. The topological polar surface area (TPSA) is 29.1 Å². The zero-order valence-electron chi connectivity index (χ0n) is 12.7. The van der Waals surface area contributed by atoms with Crippen molar-refractivity contribution in [2.24, 2.45) is 0 Å². The summed E-state index contributed by atoms with van der Waals surface area (Å²) in [6.07, 6.45) is -2.48. The third-order valence-electron chi connectivity index (χ3n) is 4.37. The van der Waals surface area contributed by atoms with E-state index in [1.165, 1.54) is 12.1 Å². The van der Waals surface area contributed by atoms with Gasteiger partial charge in [0.1, 0.15) is 0 Å². The molecule has 1 fully saturated rings. The Morgan fingerprint density at radius 1 is 1.04 bits per heavy atom. The molecule has 0 saturated heterocycles. The van der Waals surface area contributed by atoms with Crippen molar-refractivity contribution in [1.29, 1.82) is 0 Å². The number of rotatable bonds is 4. The van der Waals surface area contributed by atoms with E-state index in [2.05, 4.69) is 5.32 Å². The lowest BCUT2D eigenvalue weighted by Crippen LogP contribution is -2.32. The van der Waals surface area contributed by atoms with Gasteiger partial charge >= 0.3 is 6.18 Å². The molecule has 126 valence electrons. The third kappa shape index (κ3) is 3.56. The number of benzene rings is 2. The maximum Gasteiger partial charge on any atom is 0.416 e. The van der Waals surface area contributed by atoms with Crippen molar-refractivity contribution in [3.63, 3.8) is 0 Å². The monoisotopic (exact) mass is 353 g/mol. The molecule has 1 aliphatic carbocycles. The Morgan fingerprint density at radius 3 is 2.12 bits per heavy atom. The molecule has 0 radical (unpaired) electrons. The molecule has 0 unspecified atom stereocenters. The Labute approximate surface area is 142 Å². The van der Waals surface area contributed by atoms with Crippen molar-refractivity contribution in [1.82, 2.24) is 5.32 Å². The van der Waals surface area contributed by atoms with E-state index in [9.17, 15) is 18.0 Å². The van der Waals surface area contributed by atoms with E-state index in [1.54, 1.807) is 0 Å². The molecule has 2 aromatic carbocycles. The van der Waals surface area contributed by atoms with Crippen LogP contribution in [0.1, 0.15) is 34.3 Å². The zero-order valence-corrected chi connectivity index (χ0v) is 13.4. The van der Waals surface area contributed by atoms with Gasteiger partial charge in [-0.2, -0.15) is 13.2 Å². The third-order valence-corrected chi connectivity index (χ3v) is 4.62. The molecule has 24 heavy (non-hydrogen) atoms. The summed E-state index contributed by atoms with van der Waals surface area (Å²) in [5.74, 6) is -0.371. The summed E-state index contributed by atoms with van der Waals surface area (Å²) in [6.45, 7) is 0.453. The quantitative estimate of drug-likeness (QED) is 0.838. The van der Waals surface area contributed by atoms with Gasteiger partial charge in [0.05, 0.1) is 5.56 Å². The number of alkyl halides is 3. The average Bonchev–Trinajstić information content (AvgIpc) is 3.34. The van der Waals surface area contributed by atoms with E-state index in [4.69, 9.17) is 11.6 Å². The highest BCUT2D eigenvalue weighted by molar-refractivity contribution is 6.30. The van der Waals surface area contributed by atoms with Crippen molar-refractivity contribution in [3.8, 4) is 0 Å². The number of hydrogen-bond donors (Lipinski definition) is 1. The molecule has 2 aromatic rings. The van der Waals surface area contributed by atoms with Gasteiger partial charge in [-0.15, -0.1) is 0 Å². The van der Waals surface area contributed by atoms with Gasteiger partial charge in [-0.25, -0.2) is 0 Å².